The average Bonchev–Trinajstić information content (AvgIpc) is 2.30. The monoisotopic (exact) mass is 222 g/mol. The van der Waals surface area contributed by atoms with Crippen LogP contribution in [0.15, 0.2) is 24.5 Å². The molecule has 1 aromatic rings. The maximum atomic E-state index is 11.4. The summed E-state index contributed by atoms with van der Waals surface area (Å²) in [7, 11) is 0. The molecule has 2 atom stereocenters. The third kappa shape index (κ3) is 3.62. The van der Waals surface area contributed by atoms with Gasteiger partial charge in [0.15, 0.2) is 0 Å². The number of nitrogens with one attached hydrogen (secondary N) is 1. The zero-order valence-electron chi connectivity index (χ0n) is 9.93. The summed E-state index contributed by atoms with van der Waals surface area (Å²) in [6.07, 6.45) is 3.48. The smallest absolute Gasteiger partial charge is 0.322 e. The van der Waals surface area contributed by atoms with Crippen molar-refractivity contribution in [1.82, 2.24) is 10.3 Å². The Hall–Kier alpha value is -1.42. The maximum Gasteiger partial charge on any atom is 0.322 e. The highest BCUT2D eigenvalue weighted by molar-refractivity contribution is 5.75. The number of nitrogens with zero attached hydrogens (tertiary/aromatic N) is 1. The number of aromatic nitrogens is 1. The molecular weight excluding hydrogens is 204 g/mol. The molecule has 0 saturated heterocycles. The Labute approximate surface area is 96.0 Å². The Morgan fingerprint density at radius 2 is 2.06 bits per heavy atom. The zero-order valence-corrected chi connectivity index (χ0v) is 9.93. The molecular formula is C12H18N2O2. The summed E-state index contributed by atoms with van der Waals surface area (Å²) in [5, 5.41) is 3.18. The van der Waals surface area contributed by atoms with Crippen molar-refractivity contribution in [2.24, 2.45) is 0 Å². The van der Waals surface area contributed by atoms with Crippen molar-refractivity contribution in [1.29, 1.82) is 0 Å². The number of rotatable bonds is 5. The van der Waals surface area contributed by atoms with Crippen LogP contribution in [0.1, 0.15) is 32.4 Å². The van der Waals surface area contributed by atoms with E-state index in [4.69, 9.17) is 4.74 Å². The Morgan fingerprint density at radius 1 is 1.44 bits per heavy atom. The Bertz CT molecular complexity index is 327. The summed E-state index contributed by atoms with van der Waals surface area (Å²) in [5.74, 6) is -0.219. The van der Waals surface area contributed by atoms with Crippen LogP contribution in [0.3, 0.4) is 0 Å². The molecule has 1 N–H and O–H groups in total. The highest BCUT2D eigenvalue weighted by Gasteiger charge is 2.16. The summed E-state index contributed by atoms with van der Waals surface area (Å²) in [4.78, 5) is 15.4. The van der Waals surface area contributed by atoms with Crippen LogP contribution in [0.2, 0.25) is 0 Å². The average molecular weight is 222 g/mol. The van der Waals surface area contributed by atoms with Crippen molar-refractivity contribution < 1.29 is 9.53 Å². The number of pyridine rings is 1. The number of esters is 1. The van der Waals surface area contributed by atoms with Gasteiger partial charge in [-0.2, -0.15) is 0 Å². The topological polar surface area (TPSA) is 51.2 Å². The van der Waals surface area contributed by atoms with E-state index in [0.717, 1.165) is 5.56 Å². The molecule has 0 amide bonds. The van der Waals surface area contributed by atoms with Crippen LogP contribution in [-0.2, 0) is 9.53 Å². The second-order valence-electron chi connectivity index (χ2n) is 3.64. The molecule has 1 aromatic heterocycles. The van der Waals surface area contributed by atoms with E-state index >= 15 is 0 Å². The molecule has 1 unspecified atom stereocenters. The van der Waals surface area contributed by atoms with Gasteiger partial charge in [-0.1, -0.05) is 0 Å². The number of hydrogen-bond acceptors (Lipinski definition) is 4. The van der Waals surface area contributed by atoms with E-state index in [2.05, 4.69) is 10.3 Å². The molecule has 16 heavy (non-hydrogen) atoms. The van der Waals surface area contributed by atoms with Gasteiger partial charge in [0.2, 0.25) is 0 Å². The summed E-state index contributed by atoms with van der Waals surface area (Å²) in [5.41, 5.74) is 1.10. The first-order chi connectivity index (χ1) is 7.65. The van der Waals surface area contributed by atoms with Crippen LogP contribution >= 0.6 is 0 Å². The Kier molecular flexibility index (Phi) is 4.92. The van der Waals surface area contributed by atoms with Crippen LogP contribution in [0.4, 0.5) is 0 Å². The van der Waals surface area contributed by atoms with Gasteiger partial charge in [0.25, 0.3) is 0 Å². The number of carbonyl (C=O) groups excluding carboxylic acids is 1. The molecule has 0 aliphatic heterocycles. The lowest BCUT2D eigenvalue weighted by Crippen LogP contribution is -2.37. The second-order valence-corrected chi connectivity index (χ2v) is 3.64. The van der Waals surface area contributed by atoms with Gasteiger partial charge in [-0.15, -0.1) is 0 Å². The third-order valence-electron chi connectivity index (χ3n) is 2.35. The molecule has 0 aromatic carbocycles. The van der Waals surface area contributed by atoms with Gasteiger partial charge in [0, 0.05) is 18.4 Å². The fourth-order valence-electron chi connectivity index (χ4n) is 1.46. The predicted molar refractivity (Wildman–Crippen MR) is 61.9 cm³/mol. The number of carbonyl (C=O) groups is 1. The van der Waals surface area contributed by atoms with E-state index in [-0.39, 0.29) is 18.1 Å². The minimum atomic E-state index is -0.303. The van der Waals surface area contributed by atoms with Gasteiger partial charge < -0.3 is 4.74 Å². The molecule has 88 valence electrons. The van der Waals surface area contributed by atoms with Gasteiger partial charge in [-0.3, -0.25) is 15.1 Å². The summed E-state index contributed by atoms with van der Waals surface area (Å²) in [6.45, 7) is 6.02. The number of ether oxygens (including phenoxy) is 1. The van der Waals surface area contributed by atoms with E-state index < -0.39 is 0 Å². The van der Waals surface area contributed by atoms with Crippen LogP contribution in [0, 0.1) is 0 Å². The molecule has 4 nitrogen and oxygen atoms in total. The highest BCUT2D eigenvalue weighted by Crippen LogP contribution is 2.11. The SMILES string of the molecule is CCOC(=O)C(C)N[C@@H](C)c1ccncc1. The van der Waals surface area contributed by atoms with Crippen LogP contribution in [-0.4, -0.2) is 23.6 Å². The van der Waals surface area contributed by atoms with E-state index in [1.165, 1.54) is 0 Å². The van der Waals surface area contributed by atoms with Gasteiger partial charge in [-0.25, -0.2) is 0 Å². The Balaban J connectivity index is 2.51. The third-order valence-corrected chi connectivity index (χ3v) is 2.35. The lowest BCUT2D eigenvalue weighted by molar-refractivity contribution is -0.145. The van der Waals surface area contributed by atoms with Crippen molar-refractivity contribution in [2.45, 2.75) is 32.9 Å². The molecule has 0 spiro atoms. The lowest BCUT2D eigenvalue weighted by Gasteiger charge is -2.18. The Morgan fingerprint density at radius 3 is 2.62 bits per heavy atom. The lowest BCUT2D eigenvalue weighted by atomic mass is 10.1. The van der Waals surface area contributed by atoms with Crippen molar-refractivity contribution in [3.05, 3.63) is 30.1 Å². The summed E-state index contributed by atoms with van der Waals surface area (Å²) in [6, 6.07) is 3.65. The molecule has 0 radical (unpaired) electrons. The van der Waals surface area contributed by atoms with Gasteiger partial charge in [0.05, 0.1) is 6.61 Å². The van der Waals surface area contributed by atoms with E-state index in [1.54, 1.807) is 26.2 Å². The molecule has 0 bridgehead atoms. The van der Waals surface area contributed by atoms with Gasteiger partial charge in [0.1, 0.15) is 6.04 Å². The van der Waals surface area contributed by atoms with Gasteiger partial charge >= 0.3 is 5.97 Å². The van der Waals surface area contributed by atoms with E-state index in [0.29, 0.717) is 6.61 Å². The highest BCUT2D eigenvalue weighted by atomic mass is 16.5. The van der Waals surface area contributed by atoms with Crippen LogP contribution < -0.4 is 5.32 Å². The first-order valence-electron chi connectivity index (χ1n) is 5.47. The first kappa shape index (κ1) is 12.6. The van der Waals surface area contributed by atoms with Crippen molar-refractivity contribution >= 4 is 5.97 Å². The minimum absolute atomic E-state index is 0.0995. The van der Waals surface area contributed by atoms with Crippen LogP contribution in [0.25, 0.3) is 0 Å². The molecule has 0 fully saturated rings. The molecule has 0 aliphatic rings. The predicted octanol–water partition coefficient (Wildman–Crippen LogP) is 1.68. The quantitative estimate of drug-likeness (QED) is 0.770. The largest absolute Gasteiger partial charge is 0.465 e. The molecule has 0 saturated carbocycles. The van der Waals surface area contributed by atoms with Crippen molar-refractivity contribution in [3.63, 3.8) is 0 Å². The molecule has 1 heterocycles. The summed E-state index contributed by atoms with van der Waals surface area (Å²) < 4.78 is 4.93. The first-order valence-corrected chi connectivity index (χ1v) is 5.47. The molecule has 1 rings (SSSR count). The van der Waals surface area contributed by atoms with E-state index in [9.17, 15) is 4.79 Å². The maximum absolute atomic E-state index is 11.4. The van der Waals surface area contributed by atoms with Crippen LogP contribution in [0.5, 0.6) is 0 Å². The van der Waals surface area contributed by atoms with Crippen molar-refractivity contribution in [2.75, 3.05) is 6.61 Å². The molecule has 4 heteroatoms. The fraction of sp³-hybridized carbons (Fsp3) is 0.500. The minimum Gasteiger partial charge on any atom is -0.465 e. The van der Waals surface area contributed by atoms with E-state index in [1.807, 2.05) is 19.1 Å². The van der Waals surface area contributed by atoms with Gasteiger partial charge in [-0.05, 0) is 38.5 Å². The van der Waals surface area contributed by atoms with Crippen molar-refractivity contribution in [3.8, 4) is 0 Å². The number of hydrogen-bond donors (Lipinski definition) is 1. The standard InChI is InChI=1S/C12H18N2O2/c1-4-16-12(15)10(3)14-9(2)11-5-7-13-8-6-11/h5-10,14H,4H2,1-3H3/t9-,10?/m0/s1. The molecule has 0 aliphatic carbocycles. The second kappa shape index (κ2) is 6.23. The normalized spacial score (nSPS) is 14.2. The summed E-state index contributed by atoms with van der Waals surface area (Å²) >= 11 is 0. The zero-order chi connectivity index (χ0) is 12.0. The fourth-order valence-corrected chi connectivity index (χ4v) is 1.46.